The number of nitrogen functional groups attached to an aromatic ring is 1. The SMILES string of the molecule is Nc1cc(C(F)F)c(C(F)(F)F)[nH]c1=O. The van der Waals surface area contributed by atoms with Crippen molar-refractivity contribution in [3.05, 3.63) is 27.7 Å². The van der Waals surface area contributed by atoms with Crippen LogP contribution < -0.4 is 11.3 Å². The topological polar surface area (TPSA) is 58.9 Å². The van der Waals surface area contributed by atoms with Gasteiger partial charge in [0.2, 0.25) is 0 Å². The van der Waals surface area contributed by atoms with E-state index in [9.17, 15) is 26.7 Å². The minimum atomic E-state index is -5.04. The number of hydrogen-bond acceptors (Lipinski definition) is 2. The van der Waals surface area contributed by atoms with Gasteiger partial charge in [0.1, 0.15) is 5.69 Å². The fourth-order valence-electron chi connectivity index (χ4n) is 0.970. The second kappa shape index (κ2) is 3.52. The van der Waals surface area contributed by atoms with E-state index in [-0.39, 0.29) is 0 Å². The highest BCUT2D eigenvalue weighted by molar-refractivity contribution is 5.41. The summed E-state index contributed by atoms with van der Waals surface area (Å²) in [5.41, 5.74) is -0.100. The molecule has 0 atom stereocenters. The van der Waals surface area contributed by atoms with Gasteiger partial charge in [0, 0.05) is 5.56 Å². The second-order valence-corrected chi connectivity index (χ2v) is 2.68. The van der Waals surface area contributed by atoms with Crippen molar-refractivity contribution in [2.24, 2.45) is 0 Å². The number of nitrogens with one attached hydrogen (secondary N) is 1. The van der Waals surface area contributed by atoms with Crippen molar-refractivity contribution < 1.29 is 22.0 Å². The number of pyridine rings is 1. The number of nitrogens with two attached hydrogens (primary N) is 1. The molecule has 0 saturated carbocycles. The number of aromatic nitrogens is 1. The Labute approximate surface area is 79.7 Å². The number of aromatic amines is 1. The molecule has 8 heteroatoms. The highest BCUT2D eigenvalue weighted by Gasteiger charge is 2.37. The summed E-state index contributed by atoms with van der Waals surface area (Å²) in [5, 5.41) is 0. The number of rotatable bonds is 1. The predicted molar refractivity (Wildman–Crippen MR) is 41.4 cm³/mol. The lowest BCUT2D eigenvalue weighted by atomic mass is 10.2. The average Bonchev–Trinajstić information content (AvgIpc) is 2.06. The van der Waals surface area contributed by atoms with Gasteiger partial charge in [-0.25, -0.2) is 8.78 Å². The van der Waals surface area contributed by atoms with Gasteiger partial charge in [-0.05, 0) is 6.07 Å². The Bertz CT molecular complexity index is 422. The molecular weight excluding hydrogens is 223 g/mol. The summed E-state index contributed by atoms with van der Waals surface area (Å²) in [6.07, 6.45) is -8.40. The van der Waals surface area contributed by atoms with Gasteiger partial charge in [0.15, 0.2) is 0 Å². The van der Waals surface area contributed by atoms with Crippen LogP contribution in [0.3, 0.4) is 0 Å². The summed E-state index contributed by atoms with van der Waals surface area (Å²) >= 11 is 0. The van der Waals surface area contributed by atoms with E-state index < -0.39 is 35.1 Å². The number of alkyl halides is 5. The molecule has 0 fully saturated rings. The van der Waals surface area contributed by atoms with Crippen LogP contribution >= 0.6 is 0 Å². The molecule has 0 radical (unpaired) electrons. The summed E-state index contributed by atoms with van der Waals surface area (Å²) in [7, 11) is 0. The van der Waals surface area contributed by atoms with Gasteiger partial charge in [0.05, 0.1) is 5.69 Å². The van der Waals surface area contributed by atoms with E-state index in [1.54, 1.807) is 0 Å². The minimum Gasteiger partial charge on any atom is -0.394 e. The zero-order valence-electron chi connectivity index (χ0n) is 7.03. The van der Waals surface area contributed by atoms with Crippen LogP contribution in [0.5, 0.6) is 0 Å². The highest BCUT2D eigenvalue weighted by atomic mass is 19.4. The smallest absolute Gasteiger partial charge is 0.394 e. The number of halogens is 5. The van der Waals surface area contributed by atoms with Crippen molar-refractivity contribution >= 4 is 5.69 Å². The van der Waals surface area contributed by atoms with Gasteiger partial charge in [-0.1, -0.05) is 0 Å². The third-order valence-corrected chi connectivity index (χ3v) is 1.62. The van der Waals surface area contributed by atoms with Crippen LogP contribution in [0.2, 0.25) is 0 Å². The maximum Gasteiger partial charge on any atom is 0.431 e. The third kappa shape index (κ3) is 2.25. The molecule has 1 aromatic rings. The fraction of sp³-hybridized carbons (Fsp3) is 0.286. The maximum absolute atomic E-state index is 12.2. The standard InChI is InChI=1S/C7H5F5N2O/c8-5(9)2-1-3(13)6(15)14-4(2)7(10,11)12/h1,5H,13H2,(H,14,15). The lowest BCUT2D eigenvalue weighted by Gasteiger charge is -2.11. The molecule has 3 nitrogen and oxygen atoms in total. The van der Waals surface area contributed by atoms with Gasteiger partial charge in [-0.2, -0.15) is 13.2 Å². The van der Waals surface area contributed by atoms with Gasteiger partial charge in [0.25, 0.3) is 12.0 Å². The Balaban J connectivity index is 3.49. The summed E-state index contributed by atoms with van der Waals surface area (Å²) in [6.45, 7) is 0. The lowest BCUT2D eigenvalue weighted by Crippen LogP contribution is -2.21. The van der Waals surface area contributed by atoms with Crippen molar-refractivity contribution in [2.45, 2.75) is 12.6 Å². The molecule has 0 unspecified atom stereocenters. The predicted octanol–water partition coefficient (Wildman–Crippen LogP) is 1.91. The van der Waals surface area contributed by atoms with Crippen molar-refractivity contribution in [1.82, 2.24) is 4.98 Å². The molecular formula is C7H5F5N2O. The molecule has 0 saturated heterocycles. The van der Waals surface area contributed by atoms with Crippen LogP contribution in [0.4, 0.5) is 27.6 Å². The zero-order valence-corrected chi connectivity index (χ0v) is 7.03. The van der Waals surface area contributed by atoms with E-state index in [0.29, 0.717) is 6.07 Å². The van der Waals surface area contributed by atoms with Crippen molar-refractivity contribution in [2.75, 3.05) is 5.73 Å². The zero-order chi connectivity index (χ0) is 11.8. The molecule has 0 spiro atoms. The van der Waals surface area contributed by atoms with E-state index in [2.05, 4.69) is 0 Å². The van der Waals surface area contributed by atoms with E-state index in [1.165, 1.54) is 4.98 Å². The van der Waals surface area contributed by atoms with E-state index >= 15 is 0 Å². The molecule has 84 valence electrons. The Morgan fingerprint density at radius 2 is 1.87 bits per heavy atom. The highest BCUT2D eigenvalue weighted by Crippen LogP contribution is 2.34. The Hall–Kier alpha value is -1.60. The van der Waals surface area contributed by atoms with Gasteiger partial charge in [-0.15, -0.1) is 0 Å². The van der Waals surface area contributed by atoms with Crippen LogP contribution in [-0.2, 0) is 6.18 Å². The fourth-order valence-corrected chi connectivity index (χ4v) is 0.970. The molecule has 0 aliphatic rings. The summed E-state index contributed by atoms with van der Waals surface area (Å²) in [4.78, 5) is 12.0. The molecule has 3 N–H and O–H groups in total. The molecule has 15 heavy (non-hydrogen) atoms. The largest absolute Gasteiger partial charge is 0.431 e. The van der Waals surface area contributed by atoms with Crippen molar-refractivity contribution in [1.29, 1.82) is 0 Å². The quantitative estimate of drug-likeness (QED) is 0.721. The summed E-state index contributed by atoms with van der Waals surface area (Å²) in [6, 6.07) is 0.326. The number of hydrogen-bond donors (Lipinski definition) is 2. The molecule has 0 aliphatic carbocycles. The molecule has 0 aliphatic heterocycles. The number of H-pyrrole nitrogens is 1. The average molecular weight is 228 g/mol. The first-order valence-corrected chi connectivity index (χ1v) is 3.61. The molecule has 0 amide bonds. The van der Waals surface area contributed by atoms with Gasteiger partial charge >= 0.3 is 6.18 Å². The van der Waals surface area contributed by atoms with E-state index in [4.69, 9.17) is 5.73 Å². The number of anilines is 1. The van der Waals surface area contributed by atoms with Crippen molar-refractivity contribution in [3.8, 4) is 0 Å². The van der Waals surface area contributed by atoms with Crippen molar-refractivity contribution in [3.63, 3.8) is 0 Å². The first-order valence-electron chi connectivity index (χ1n) is 3.61. The Kier molecular flexibility index (Phi) is 2.69. The van der Waals surface area contributed by atoms with Crippen LogP contribution in [0.1, 0.15) is 17.7 Å². The molecule has 1 rings (SSSR count). The summed E-state index contributed by atoms with van der Waals surface area (Å²) in [5.74, 6) is 0. The van der Waals surface area contributed by atoms with Gasteiger partial charge < -0.3 is 10.7 Å². The van der Waals surface area contributed by atoms with Crippen LogP contribution in [0.15, 0.2) is 10.9 Å². The first kappa shape index (κ1) is 11.5. The maximum atomic E-state index is 12.2. The van der Waals surface area contributed by atoms with Gasteiger partial charge in [-0.3, -0.25) is 4.79 Å². The molecule has 0 bridgehead atoms. The summed E-state index contributed by atoms with van der Waals surface area (Å²) < 4.78 is 60.9. The van der Waals surface area contributed by atoms with E-state index in [1.807, 2.05) is 0 Å². The van der Waals surface area contributed by atoms with Crippen LogP contribution in [-0.4, -0.2) is 4.98 Å². The Morgan fingerprint density at radius 1 is 1.33 bits per heavy atom. The lowest BCUT2D eigenvalue weighted by molar-refractivity contribution is -0.143. The van der Waals surface area contributed by atoms with Crippen LogP contribution in [0, 0.1) is 0 Å². The minimum absolute atomic E-state index is 0.326. The first-order chi connectivity index (χ1) is 6.73. The Morgan fingerprint density at radius 3 is 2.27 bits per heavy atom. The normalized spacial score (nSPS) is 12.1. The molecule has 1 aromatic heterocycles. The molecule has 1 heterocycles. The van der Waals surface area contributed by atoms with Crippen LogP contribution in [0.25, 0.3) is 0 Å². The monoisotopic (exact) mass is 228 g/mol. The third-order valence-electron chi connectivity index (χ3n) is 1.62. The second-order valence-electron chi connectivity index (χ2n) is 2.68. The van der Waals surface area contributed by atoms with E-state index in [0.717, 1.165) is 0 Å². The molecule has 0 aromatic carbocycles.